The molecule has 0 radical (unpaired) electrons. The van der Waals surface area contributed by atoms with Gasteiger partial charge in [0.2, 0.25) is 0 Å². The first-order valence-electron chi connectivity index (χ1n) is 9.14. The minimum atomic E-state index is -0.418. The lowest BCUT2D eigenvalue weighted by Crippen LogP contribution is -2.15. The third kappa shape index (κ3) is 3.73. The van der Waals surface area contributed by atoms with E-state index in [1.165, 1.54) is 6.07 Å². The number of pyridine rings is 1. The van der Waals surface area contributed by atoms with E-state index in [2.05, 4.69) is 15.6 Å². The number of anilines is 2. The van der Waals surface area contributed by atoms with E-state index < -0.39 is 5.82 Å². The predicted molar refractivity (Wildman–Crippen MR) is 106 cm³/mol. The average molecular weight is 377 g/mol. The number of nitrogens with zero attached hydrogens (tertiary/aromatic N) is 1. The van der Waals surface area contributed by atoms with Crippen LogP contribution in [0.2, 0.25) is 0 Å². The van der Waals surface area contributed by atoms with Gasteiger partial charge in [-0.15, -0.1) is 0 Å². The number of nitrogens with one attached hydrogen (secondary N) is 2. The maximum atomic E-state index is 13.6. The van der Waals surface area contributed by atoms with Gasteiger partial charge in [-0.05, 0) is 59.9 Å². The molecule has 2 aromatic carbocycles. The topological polar surface area (TPSA) is 74.2 Å². The van der Waals surface area contributed by atoms with Gasteiger partial charge < -0.3 is 15.7 Å². The number of carbonyl (C=O) groups excluding carboxylic acids is 1. The van der Waals surface area contributed by atoms with Crippen LogP contribution in [0.25, 0.3) is 0 Å². The first kappa shape index (κ1) is 18.1. The van der Waals surface area contributed by atoms with Gasteiger partial charge in [-0.1, -0.05) is 18.2 Å². The molecule has 1 aliphatic rings. The summed E-state index contributed by atoms with van der Waals surface area (Å²) in [4.78, 5) is 17.0. The lowest BCUT2D eigenvalue weighted by atomic mass is 10.0. The van der Waals surface area contributed by atoms with Gasteiger partial charge in [0.25, 0.3) is 5.91 Å². The number of amides is 1. The predicted octanol–water partition coefficient (Wildman–Crippen LogP) is 3.52. The van der Waals surface area contributed by atoms with E-state index >= 15 is 0 Å². The maximum Gasteiger partial charge on any atom is 0.257 e. The highest BCUT2D eigenvalue weighted by molar-refractivity contribution is 6.06. The monoisotopic (exact) mass is 377 g/mol. The Morgan fingerprint density at radius 2 is 2.04 bits per heavy atom. The smallest absolute Gasteiger partial charge is 0.257 e. The molecule has 0 bridgehead atoms. The largest absolute Gasteiger partial charge is 0.392 e. The summed E-state index contributed by atoms with van der Waals surface area (Å²) in [6.07, 6.45) is 3.01. The molecule has 3 N–H and O–H groups in total. The summed E-state index contributed by atoms with van der Waals surface area (Å²) in [5.41, 5.74) is 4.76. The van der Waals surface area contributed by atoms with E-state index in [9.17, 15) is 14.3 Å². The van der Waals surface area contributed by atoms with Crippen molar-refractivity contribution in [2.45, 2.75) is 19.4 Å². The fraction of sp³-hybridized carbons (Fsp3) is 0.182. The molecule has 5 nitrogen and oxygen atoms in total. The van der Waals surface area contributed by atoms with Crippen LogP contribution in [0, 0.1) is 5.82 Å². The van der Waals surface area contributed by atoms with Crippen LogP contribution in [-0.2, 0) is 19.4 Å². The normalized spacial score (nSPS) is 12.4. The van der Waals surface area contributed by atoms with E-state index in [-0.39, 0.29) is 18.1 Å². The second-order valence-electron chi connectivity index (χ2n) is 6.77. The van der Waals surface area contributed by atoms with Crippen LogP contribution < -0.4 is 10.6 Å². The van der Waals surface area contributed by atoms with Gasteiger partial charge in [0.05, 0.1) is 6.61 Å². The van der Waals surface area contributed by atoms with Crippen molar-refractivity contribution in [3.05, 3.63) is 88.4 Å². The molecule has 0 saturated heterocycles. The van der Waals surface area contributed by atoms with Gasteiger partial charge >= 0.3 is 0 Å². The number of aromatic nitrogens is 1. The SMILES string of the molecule is O=C(Nc1cc(Cc2ccc(F)c(CO)c2)ccn1)c1cccc2c1CCN2. The molecule has 0 aliphatic carbocycles. The molecule has 0 atom stereocenters. The van der Waals surface area contributed by atoms with Gasteiger partial charge in [0.15, 0.2) is 0 Å². The minimum Gasteiger partial charge on any atom is -0.392 e. The van der Waals surface area contributed by atoms with E-state index in [1.54, 1.807) is 24.4 Å². The van der Waals surface area contributed by atoms with Crippen molar-refractivity contribution in [1.29, 1.82) is 0 Å². The Hall–Kier alpha value is -3.25. The number of carbonyl (C=O) groups is 1. The molecule has 28 heavy (non-hydrogen) atoms. The van der Waals surface area contributed by atoms with Crippen LogP contribution in [-0.4, -0.2) is 22.5 Å². The third-order valence-electron chi connectivity index (χ3n) is 4.87. The Labute approximate surface area is 162 Å². The summed E-state index contributed by atoms with van der Waals surface area (Å²) < 4.78 is 13.6. The number of aliphatic hydroxyl groups excluding tert-OH is 1. The summed E-state index contributed by atoms with van der Waals surface area (Å²) in [6.45, 7) is 0.494. The molecule has 3 aromatic rings. The third-order valence-corrected chi connectivity index (χ3v) is 4.87. The Morgan fingerprint density at radius 1 is 1.18 bits per heavy atom. The second-order valence-corrected chi connectivity index (χ2v) is 6.77. The summed E-state index contributed by atoms with van der Waals surface area (Å²) in [6, 6.07) is 14.0. The zero-order valence-electron chi connectivity index (χ0n) is 15.2. The molecule has 6 heteroatoms. The van der Waals surface area contributed by atoms with Gasteiger partial charge in [-0.3, -0.25) is 4.79 Å². The highest BCUT2D eigenvalue weighted by atomic mass is 19.1. The fourth-order valence-electron chi connectivity index (χ4n) is 3.49. The molecule has 0 fully saturated rings. The van der Waals surface area contributed by atoms with Crippen molar-refractivity contribution in [3.63, 3.8) is 0 Å². The highest BCUT2D eigenvalue weighted by Crippen LogP contribution is 2.26. The van der Waals surface area contributed by atoms with Crippen LogP contribution in [0.1, 0.15) is 32.6 Å². The van der Waals surface area contributed by atoms with Crippen LogP contribution in [0.5, 0.6) is 0 Å². The lowest BCUT2D eigenvalue weighted by molar-refractivity contribution is 0.102. The van der Waals surface area contributed by atoms with Crippen molar-refractivity contribution in [2.24, 2.45) is 0 Å². The van der Waals surface area contributed by atoms with E-state index in [0.717, 1.165) is 35.3 Å². The van der Waals surface area contributed by atoms with Crippen molar-refractivity contribution in [1.82, 2.24) is 4.98 Å². The number of fused-ring (bicyclic) bond motifs is 1. The zero-order chi connectivity index (χ0) is 19.5. The Morgan fingerprint density at radius 3 is 2.89 bits per heavy atom. The molecule has 1 aliphatic heterocycles. The quantitative estimate of drug-likeness (QED) is 0.636. The first-order chi connectivity index (χ1) is 13.6. The lowest BCUT2D eigenvalue weighted by Gasteiger charge is -2.10. The Balaban J connectivity index is 1.51. The average Bonchev–Trinajstić information content (AvgIpc) is 3.18. The number of hydrogen-bond acceptors (Lipinski definition) is 4. The van der Waals surface area contributed by atoms with E-state index in [0.29, 0.717) is 17.8 Å². The molecular weight excluding hydrogens is 357 g/mol. The van der Waals surface area contributed by atoms with Gasteiger partial charge in [0.1, 0.15) is 11.6 Å². The van der Waals surface area contributed by atoms with Crippen molar-refractivity contribution >= 4 is 17.4 Å². The Kier molecular flexibility index (Phi) is 5.04. The molecule has 4 rings (SSSR count). The van der Waals surface area contributed by atoms with E-state index in [1.807, 2.05) is 24.3 Å². The van der Waals surface area contributed by atoms with Crippen LogP contribution in [0.15, 0.2) is 54.7 Å². The minimum absolute atomic E-state index is 0.186. The molecule has 1 aromatic heterocycles. The summed E-state index contributed by atoms with van der Waals surface area (Å²) in [5.74, 6) is -0.135. The van der Waals surface area contributed by atoms with Crippen LogP contribution >= 0.6 is 0 Å². The second kappa shape index (κ2) is 7.78. The van der Waals surface area contributed by atoms with Crippen molar-refractivity contribution < 1.29 is 14.3 Å². The number of benzene rings is 2. The van der Waals surface area contributed by atoms with Crippen LogP contribution in [0.4, 0.5) is 15.9 Å². The number of rotatable bonds is 5. The zero-order valence-corrected chi connectivity index (χ0v) is 15.2. The number of hydrogen-bond donors (Lipinski definition) is 3. The molecule has 2 heterocycles. The Bertz CT molecular complexity index is 1040. The fourth-order valence-corrected chi connectivity index (χ4v) is 3.49. The first-order valence-corrected chi connectivity index (χ1v) is 9.14. The molecule has 0 saturated carbocycles. The molecule has 0 unspecified atom stereocenters. The van der Waals surface area contributed by atoms with E-state index in [4.69, 9.17) is 0 Å². The standard InChI is InChI=1S/C22H20FN3O2/c23-19-5-4-14(11-16(19)13-27)10-15-6-8-25-21(12-15)26-22(28)18-2-1-3-20-17(18)7-9-24-20/h1-6,8,11-12,24,27H,7,9-10,13H2,(H,25,26,28). The number of halogens is 1. The summed E-state index contributed by atoms with van der Waals surface area (Å²) in [5, 5.41) is 15.4. The summed E-state index contributed by atoms with van der Waals surface area (Å²) in [7, 11) is 0. The highest BCUT2D eigenvalue weighted by Gasteiger charge is 2.18. The summed E-state index contributed by atoms with van der Waals surface area (Å²) >= 11 is 0. The molecular formula is C22H20FN3O2. The van der Waals surface area contributed by atoms with Gasteiger partial charge in [-0.2, -0.15) is 0 Å². The van der Waals surface area contributed by atoms with Gasteiger partial charge in [-0.25, -0.2) is 9.37 Å². The number of aliphatic hydroxyl groups is 1. The maximum absolute atomic E-state index is 13.6. The van der Waals surface area contributed by atoms with Gasteiger partial charge in [0, 0.05) is 29.6 Å². The van der Waals surface area contributed by atoms with Crippen molar-refractivity contribution in [3.8, 4) is 0 Å². The van der Waals surface area contributed by atoms with Crippen molar-refractivity contribution in [2.75, 3.05) is 17.2 Å². The molecule has 0 spiro atoms. The molecule has 142 valence electrons. The van der Waals surface area contributed by atoms with Crippen LogP contribution in [0.3, 0.4) is 0 Å². The molecule has 1 amide bonds.